The molecule has 0 radical (unpaired) electrons. The number of hydrogen-bond acceptors (Lipinski definition) is 3. The van der Waals surface area contributed by atoms with Crippen LogP contribution in [0.1, 0.15) is 32.1 Å². The molecule has 0 heterocycles. The normalized spacial score (nSPS) is 30.3. The van der Waals surface area contributed by atoms with E-state index in [9.17, 15) is 0 Å². The van der Waals surface area contributed by atoms with Gasteiger partial charge in [-0.2, -0.15) is 0 Å². The Kier molecular flexibility index (Phi) is 5.01. The van der Waals surface area contributed by atoms with Gasteiger partial charge < -0.3 is 13.3 Å². The number of rotatable bonds is 8. The third kappa shape index (κ3) is 3.04. The Hall–Kier alpha value is -0.163. The first kappa shape index (κ1) is 14.3. The van der Waals surface area contributed by atoms with E-state index in [0.717, 1.165) is 30.2 Å². The standard InChI is InChI=1S/C14H26O3Si/c1-15-18(16-2,17-3)9-5-4-6-13-10-12-7-8-14(13)11-12/h7-8,12-14H,4-6,9-11H2,1-3H3. The number of hydrogen-bond donors (Lipinski definition) is 0. The van der Waals surface area contributed by atoms with E-state index in [0.29, 0.717) is 0 Å². The highest BCUT2D eigenvalue weighted by atomic mass is 28.4. The second-order valence-electron chi connectivity index (χ2n) is 5.58. The van der Waals surface area contributed by atoms with Crippen molar-refractivity contribution in [1.82, 2.24) is 0 Å². The van der Waals surface area contributed by atoms with Crippen LogP contribution < -0.4 is 0 Å². The van der Waals surface area contributed by atoms with Crippen molar-refractivity contribution < 1.29 is 13.3 Å². The van der Waals surface area contributed by atoms with Crippen LogP contribution in [-0.2, 0) is 13.3 Å². The van der Waals surface area contributed by atoms with E-state index in [1.807, 2.05) is 0 Å². The van der Waals surface area contributed by atoms with Gasteiger partial charge in [-0.3, -0.25) is 0 Å². The Morgan fingerprint density at radius 2 is 1.72 bits per heavy atom. The maximum atomic E-state index is 5.44. The summed E-state index contributed by atoms with van der Waals surface area (Å²) in [5.74, 6) is 2.71. The first-order chi connectivity index (χ1) is 8.73. The summed E-state index contributed by atoms with van der Waals surface area (Å²) >= 11 is 0. The summed E-state index contributed by atoms with van der Waals surface area (Å²) in [6.45, 7) is 0. The molecule has 3 unspecified atom stereocenters. The van der Waals surface area contributed by atoms with Crippen molar-refractivity contribution in [1.29, 1.82) is 0 Å². The topological polar surface area (TPSA) is 27.7 Å². The molecule has 0 aromatic carbocycles. The molecule has 0 N–H and O–H groups in total. The van der Waals surface area contributed by atoms with Gasteiger partial charge >= 0.3 is 8.80 Å². The molecule has 2 bridgehead atoms. The zero-order valence-corrected chi connectivity index (χ0v) is 12.9. The van der Waals surface area contributed by atoms with Gasteiger partial charge in [-0.05, 0) is 43.4 Å². The van der Waals surface area contributed by atoms with Crippen LogP contribution in [0.15, 0.2) is 12.2 Å². The molecule has 0 saturated heterocycles. The fourth-order valence-corrected chi connectivity index (χ4v) is 5.33. The molecule has 2 aliphatic carbocycles. The lowest BCUT2D eigenvalue weighted by Crippen LogP contribution is -2.42. The minimum atomic E-state index is -2.32. The molecule has 0 amide bonds. The van der Waals surface area contributed by atoms with Crippen molar-refractivity contribution in [3.05, 3.63) is 12.2 Å². The van der Waals surface area contributed by atoms with Crippen LogP contribution in [-0.4, -0.2) is 30.1 Å². The van der Waals surface area contributed by atoms with Gasteiger partial charge in [-0.25, -0.2) is 0 Å². The van der Waals surface area contributed by atoms with Crippen molar-refractivity contribution >= 4 is 8.80 Å². The second-order valence-corrected chi connectivity index (χ2v) is 8.67. The predicted molar refractivity (Wildman–Crippen MR) is 74.3 cm³/mol. The first-order valence-corrected chi connectivity index (χ1v) is 9.00. The quantitative estimate of drug-likeness (QED) is 0.385. The van der Waals surface area contributed by atoms with E-state index in [1.54, 1.807) is 21.3 Å². The third-order valence-electron chi connectivity index (χ3n) is 4.66. The lowest BCUT2D eigenvalue weighted by molar-refractivity contribution is 0.122. The van der Waals surface area contributed by atoms with E-state index in [1.165, 1.54) is 25.7 Å². The average molecular weight is 270 g/mol. The Labute approximate surface area is 112 Å². The smallest absolute Gasteiger partial charge is 0.377 e. The lowest BCUT2D eigenvalue weighted by Gasteiger charge is -2.24. The largest absolute Gasteiger partial charge is 0.500 e. The Bertz CT molecular complexity index is 280. The summed E-state index contributed by atoms with van der Waals surface area (Å²) in [4.78, 5) is 0. The number of allylic oxidation sites excluding steroid dienone is 2. The molecule has 18 heavy (non-hydrogen) atoms. The fourth-order valence-electron chi connectivity index (χ4n) is 3.53. The summed E-state index contributed by atoms with van der Waals surface area (Å²) in [7, 11) is 2.76. The van der Waals surface area contributed by atoms with E-state index in [4.69, 9.17) is 13.3 Å². The molecule has 3 atom stereocenters. The van der Waals surface area contributed by atoms with Gasteiger partial charge in [0.2, 0.25) is 0 Å². The van der Waals surface area contributed by atoms with Crippen molar-refractivity contribution in [3.8, 4) is 0 Å². The Morgan fingerprint density at radius 1 is 1.00 bits per heavy atom. The second kappa shape index (κ2) is 6.33. The van der Waals surface area contributed by atoms with Crippen LogP contribution in [0.3, 0.4) is 0 Å². The fraction of sp³-hybridized carbons (Fsp3) is 0.857. The van der Waals surface area contributed by atoms with Gasteiger partial charge in [0.25, 0.3) is 0 Å². The molecule has 1 saturated carbocycles. The molecular weight excluding hydrogens is 244 g/mol. The van der Waals surface area contributed by atoms with Gasteiger partial charge in [0.15, 0.2) is 0 Å². The van der Waals surface area contributed by atoms with Gasteiger partial charge in [0, 0.05) is 27.4 Å². The molecule has 2 aliphatic rings. The van der Waals surface area contributed by atoms with Crippen LogP contribution in [0.4, 0.5) is 0 Å². The zero-order valence-electron chi connectivity index (χ0n) is 11.9. The Balaban J connectivity index is 1.65. The maximum absolute atomic E-state index is 5.44. The number of fused-ring (bicyclic) bond motifs is 2. The average Bonchev–Trinajstić information content (AvgIpc) is 3.02. The van der Waals surface area contributed by atoms with Crippen LogP contribution >= 0.6 is 0 Å². The van der Waals surface area contributed by atoms with Crippen LogP contribution in [0.25, 0.3) is 0 Å². The molecular formula is C14H26O3Si. The minimum absolute atomic E-state index is 0.879. The summed E-state index contributed by atoms with van der Waals surface area (Å²) in [6.07, 6.45) is 11.5. The first-order valence-electron chi connectivity index (χ1n) is 7.07. The van der Waals surface area contributed by atoms with E-state index in [-0.39, 0.29) is 0 Å². The van der Waals surface area contributed by atoms with Gasteiger partial charge in [-0.15, -0.1) is 0 Å². The highest BCUT2D eigenvalue weighted by Gasteiger charge is 2.38. The van der Waals surface area contributed by atoms with Gasteiger partial charge in [-0.1, -0.05) is 18.6 Å². The predicted octanol–water partition coefficient (Wildman–Crippen LogP) is 3.25. The van der Waals surface area contributed by atoms with Crippen LogP contribution in [0.5, 0.6) is 0 Å². The summed E-state index contributed by atoms with van der Waals surface area (Å²) in [5.41, 5.74) is 0. The molecule has 0 aliphatic heterocycles. The van der Waals surface area contributed by atoms with E-state index < -0.39 is 8.80 Å². The summed E-state index contributed by atoms with van der Waals surface area (Å²) in [5, 5.41) is 0. The minimum Gasteiger partial charge on any atom is -0.377 e. The lowest BCUT2D eigenvalue weighted by atomic mass is 9.89. The van der Waals surface area contributed by atoms with Gasteiger partial charge in [0.05, 0.1) is 0 Å². The molecule has 0 aromatic heterocycles. The zero-order chi connectivity index (χ0) is 13.0. The molecule has 1 fully saturated rings. The Morgan fingerprint density at radius 3 is 2.22 bits per heavy atom. The maximum Gasteiger partial charge on any atom is 0.500 e. The molecule has 3 nitrogen and oxygen atoms in total. The molecule has 0 aromatic rings. The summed E-state index contributed by atoms with van der Waals surface area (Å²) < 4.78 is 16.3. The van der Waals surface area contributed by atoms with Crippen molar-refractivity contribution in [3.63, 3.8) is 0 Å². The van der Waals surface area contributed by atoms with E-state index >= 15 is 0 Å². The van der Waals surface area contributed by atoms with Crippen LogP contribution in [0.2, 0.25) is 6.04 Å². The van der Waals surface area contributed by atoms with Crippen molar-refractivity contribution in [2.75, 3.05) is 21.3 Å². The molecule has 2 rings (SSSR count). The van der Waals surface area contributed by atoms with Crippen LogP contribution in [0, 0.1) is 17.8 Å². The molecule has 4 heteroatoms. The third-order valence-corrected chi connectivity index (χ3v) is 7.49. The SMILES string of the molecule is CO[Si](CCCCC1CC2C=CC1C2)(OC)OC. The van der Waals surface area contributed by atoms with Crippen molar-refractivity contribution in [2.45, 2.75) is 38.1 Å². The highest BCUT2D eigenvalue weighted by Crippen LogP contribution is 2.45. The summed E-state index contributed by atoms with van der Waals surface area (Å²) in [6, 6.07) is 0.938. The van der Waals surface area contributed by atoms with Gasteiger partial charge in [0.1, 0.15) is 0 Å². The van der Waals surface area contributed by atoms with Crippen molar-refractivity contribution in [2.24, 2.45) is 17.8 Å². The molecule has 104 valence electrons. The van der Waals surface area contributed by atoms with E-state index in [2.05, 4.69) is 12.2 Å². The number of unbranched alkanes of at least 4 members (excludes halogenated alkanes) is 1. The highest BCUT2D eigenvalue weighted by molar-refractivity contribution is 6.60. The monoisotopic (exact) mass is 270 g/mol. The molecule has 0 spiro atoms.